The van der Waals surface area contributed by atoms with Gasteiger partial charge in [0, 0.05) is 27.8 Å². The maximum absolute atomic E-state index is 6.10. The second-order valence-electron chi connectivity index (χ2n) is 18.9. The Labute approximate surface area is 417 Å². The largest absolute Gasteiger partial charge is 0.456 e. The van der Waals surface area contributed by atoms with Crippen molar-refractivity contribution in [2.75, 3.05) is 4.90 Å². The molecule has 0 amide bonds. The van der Waals surface area contributed by atoms with Crippen molar-refractivity contribution >= 4 is 82.1 Å². The quantitative estimate of drug-likeness (QED) is 0.141. The summed E-state index contributed by atoms with van der Waals surface area (Å²) in [6.07, 6.45) is 0. The van der Waals surface area contributed by atoms with Gasteiger partial charge in [0.1, 0.15) is 11.2 Å². The molecule has 0 fully saturated rings. The molecule has 14 aromatic rings. The SMILES string of the molecule is c1ccc2cc(-c3ccc(N(c4ccc(-c5ccc(-c6ccc7oc8ccccc8c7c6)cc5)cc4)c4ccc(-c5ccc(-c6ccc7c8ccccc8c8ccccc8c7c6)cc5)cc4)cc3)ccc2c1. The molecule has 1 aromatic heterocycles. The maximum Gasteiger partial charge on any atom is 0.135 e. The number of furan rings is 1. The van der Waals surface area contributed by atoms with E-state index < -0.39 is 0 Å². The summed E-state index contributed by atoms with van der Waals surface area (Å²) in [6, 6.07) is 99.3. The predicted octanol–water partition coefficient (Wildman–Crippen LogP) is 20.0. The lowest BCUT2D eigenvalue weighted by molar-refractivity contribution is 0.669. The van der Waals surface area contributed by atoms with Crippen molar-refractivity contribution in [3.05, 3.63) is 273 Å². The molecule has 1 heterocycles. The third-order valence-electron chi connectivity index (χ3n) is 14.7. The van der Waals surface area contributed by atoms with Crippen molar-refractivity contribution in [2.24, 2.45) is 0 Å². The fraction of sp³-hybridized carbons (Fsp3) is 0. The molecule has 0 bridgehead atoms. The van der Waals surface area contributed by atoms with Crippen LogP contribution in [0.25, 0.3) is 121 Å². The molecule has 2 heteroatoms. The number of para-hydroxylation sites is 1. The van der Waals surface area contributed by atoms with Gasteiger partial charge in [-0.1, -0.05) is 206 Å². The minimum atomic E-state index is 0.911. The van der Waals surface area contributed by atoms with Crippen LogP contribution in [0.2, 0.25) is 0 Å². The molecule has 0 unspecified atom stereocenters. The van der Waals surface area contributed by atoms with Gasteiger partial charge < -0.3 is 9.32 Å². The minimum absolute atomic E-state index is 0.911. The van der Waals surface area contributed by atoms with E-state index in [1.165, 1.54) is 93.2 Å². The second kappa shape index (κ2) is 17.2. The Morgan fingerprint density at radius 3 is 1.03 bits per heavy atom. The smallest absolute Gasteiger partial charge is 0.135 e. The molecule has 0 saturated carbocycles. The van der Waals surface area contributed by atoms with Crippen molar-refractivity contribution in [2.45, 2.75) is 0 Å². The molecule has 336 valence electrons. The normalized spacial score (nSPS) is 11.6. The summed E-state index contributed by atoms with van der Waals surface area (Å²) in [6.45, 7) is 0. The predicted molar refractivity (Wildman–Crippen MR) is 306 cm³/mol. The van der Waals surface area contributed by atoms with Crippen molar-refractivity contribution in [1.29, 1.82) is 0 Å². The first-order valence-electron chi connectivity index (χ1n) is 24.7. The molecule has 0 N–H and O–H groups in total. The molecule has 14 rings (SSSR count). The van der Waals surface area contributed by atoms with E-state index in [0.29, 0.717) is 0 Å². The second-order valence-corrected chi connectivity index (χ2v) is 18.9. The molecule has 0 atom stereocenters. The number of hydrogen-bond acceptors (Lipinski definition) is 2. The Morgan fingerprint density at radius 1 is 0.194 bits per heavy atom. The minimum Gasteiger partial charge on any atom is -0.456 e. The first kappa shape index (κ1) is 41.5. The van der Waals surface area contributed by atoms with E-state index in [2.05, 4.69) is 266 Å². The molecule has 0 spiro atoms. The lowest BCUT2D eigenvalue weighted by Crippen LogP contribution is -2.09. The van der Waals surface area contributed by atoms with E-state index in [4.69, 9.17) is 4.42 Å². The van der Waals surface area contributed by atoms with Crippen LogP contribution in [-0.2, 0) is 0 Å². The Morgan fingerprint density at radius 2 is 0.514 bits per heavy atom. The molecular weight excluding hydrogens is 871 g/mol. The first-order valence-corrected chi connectivity index (χ1v) is 24.7. The van der Waals surface area contributed by atoms with Crippen LogP contribution in [0.1, 0.15) is 0 Å². The molecule has 2 nitrogen and oxygen atoms in total. The average Bonchev–Trinajstić information content (AvgIpc) is 3.84. The Kier molecular flexibility index (Phi) is 9.89. The summed E-state index contributed by atoms with van der Waals surface area (Å²) in [7, 11) is 0. The number of nitrogens with zero attached hydrogens (tertiary/aromatic N) is 1. The number of rotatable bonds is 8. The number of benzene rings is 13. The third-order valence-corrected chi connectivity index (χ3v) is 14.7. The Bertz CT molecular complexity index is 4300. The maximum atomic E-state index is 6.10. The average molecular weight is 916 g/mol. The van der Waals surface area contributed by atoms with Gasteiger partial charge in [-0.05, 0) is 165 Å². The van der Waals surface area contributed by atoms with Crippen molar-refractivity contribution < 1.29 is 4.42 Å². The van der Waals surface area contributed by atoms with Gasteiger partial charge in [0.2, 0.25) is 0 Å². The number of anilines is 3. The van der Waals surface area contributed by atoms with Crippen LogP contribution in [0.3, 0.4) is 0 Å². The molecule has 0 aliphatic rings. The van der Waals surface area contributed by atoms with E-state index in [-0.39, 0.29) is 0 Å². The monoisotopic (exact) mass is 915 g/mol. The van der Waals surface area contributed by atoms with Gasteiger partial charge in [0.05, 0.1) is 0 Å². The highest BCUT2D eigenvalue weighted by molar-refractivity contribution is 6.25. The van der Waals surface area contributed by atoms with E-state index in [9.17, 15) is 0 Å². The van der Waals surface area contributed by atoms with Crippen LogP contribution in [0.5, 0.6) is 0 Å². The van der Waals surface area contributed by atoms with Crippen LogP contribution in [-0.4, -0.2) is 0 Å². The zero-order chi connectivity index (χ0) is 47.5. The summed E-state index contributed by atoms with van der Waals surface area (Å²) >= 11 is 0. The van der Waals surface area contributed by atoms with Gasteiger partial charge in [0.25, 0.3) is 0 Å². The fourth-order valence-corrected chi connectivity index (χ4v) is 10.9. The van der Waals surface area contributed by atoms with Crippen molar-refractivity contribution in [3.8, 4) is 55.6 Å². The number of hydrogen-bond donors (Lipinski definition) is 0. The van der Waals surface area contributed by atoms with Crippen LogP contribution >= 0.6 is 0 Å². The zero-order valence-electron chi connectivity index (χ0n) is 39.3. The van der Waals surface area contributed by atoms with Gasteiger partial charge >= 0.3 is 0 Å². The molecule has 0 radical (unpaired) electrons. The van der Waals surface area contributed by atoms with Crippen LogP contribution in [0.15, 0.2) is 277 Å². The summed E-state index contributed by atoms with van der Waals surface area (Å²) in [4.78, 5) is 2.35. The Balaban J connectivity index is 0.769. The summed E-state index contributed by atoms with van der Waals surface area (Å²) in [5, 5.41) is 12.5. The van der Waals surface area contributed by atoms with E-state index >= 15 is 0 Å². The number of fused-ring (bicyclic) bond motifs is 10. The molecule has 0 saturated heterocycles. The van der Waals surface area contributed by atoms with E-state index in [0.717, 1.165) is 44.6 Å². The van der Waals surface area contributed by atoms with Gasteiger partial charge in [-0.25, -0.2) is 0 Å². The fourth-order valence-electron chi connectivity index (χ4n) is 10.9. The van der Waals surface area contributed by atoms with E-state index in [1.807, 2.05) is 12.1 Å². The van der Waals surface area contributed by atoms with Crippen molar-refractivity contribution in [1.82, 2.24) is 0 Å². The lowest BCUT2D eigenvalue weighted by Gasteiger charge is -2.26. The highest BCUT2D eigenvalue weighted by Gasteiger charge is 2.16. The van der Waals surface area contributed by atoms with Gasteiger partial charge in [0.15, 0.2) is 0 Å². The van der Waals surface area contributed by atoms with Crippen LogP contribution in [0, 0.1) is 0 Å². The van der Waals surface area contributed by atoms with Crippen LogP contribution in [0.4, 0.5) is 17.1 Å². The summed E-state index contributed by atoms with van der Waals surface area (Å²) in [5.74, 6) is 0. The summed E-state index contributed by atoms with van der Waals surface area (Å²) < 4.78 is 6.10. The molecular formula is C70H45NO. The highest BCUT2D eigenvalue weighted by atomic mass is 16.3. The standard InChI is InChI=1S/C70H45NO/c1-2-10-54-43-55(26-25-46(54)9-1)53-31-39-60(40-32-53)71(59-37-29-50(30-38-59)48-19-23-52(24-20-48)57-34-42-70-68(45-57)66-15-7-8-16-69(66)72-70)58-35-27-49(28-36-58)47-17-21-51(22-18-47)56-33-41-65-63-13-4-3-11-61(63)62-12-5-6-14-64(62)67(65)44-56/h1-45H. The third kappa shape index (κ3) is 7.28. The molecule has 0 aliphatic heterocycles. The first-order chi connectivity index (χ1) is 35.6. The van der Waals surface area contributed by atoms with Gasteiger partial charge in [-0.15, -0.1) is 0 Å². The van der Waals surface area contributed by atoms with E-state index in [1.54, 1.807) is 0 Å². The topological polar surface area (TPSA) is 16.4 Å². The van der Waals surface area contributed by atoms with Crippen molar-refractivity contribution in [3.63, 3.8) is 0 Å². The Hall–Kier alpha value is -9.50. The highest BCUT2D eigenvalue weighted by Crippen LogP contribution is 2.41. The van der Waals surface area contributed by atoms with Crippen LogP contribution < -0.4 is 4.90 Å². The van der Waals surface area contributed by atoms with Gasteiger partial charge in [-0.2, -0.15) is 0 Å². The lowest BCUT2D eigenvalue weighted by atomic mass is 9.92. The molecule has 72 heavy (non-hydrogen) atoms. The summed E-state index contributed by atoms with van der Waals surface area (Å²) in [5.41, 5.74) is 16.9. The molecule has 13 aromatic carbocycles. The molecule has 0 aliphatic carbocycles. The van der Waals surface area contributed by atoms with Gasteiger partial charge in [-0.3, -0.25) is 0 Å². The zero-order valence-corrected chi connectivity index (χ0v) is 39.3.